The van der Waals surface area contributed by atoms with E-state index in [9.17, 15) is 14.4 Å². The number of carbonyl (C=O) groups excluding carboxylic acids is 3. The van der Waals surface area contributed by atoms with E-state index in [1.165, 1.54) is 6.92 Å². The molecule has 2 aromatic carbocycles. The second kappa shape index (κ2) is 6.54. The molecule has 1 heterocycles. The molecule has 3 rings (SSSR count). The Balaban J connectivity index is 1.67. The van der Waals surface area contributed by atoms with Gasteiger partial charge in [-0.15, -0.1) is 0 Å². The van der Waals surface area contributed by atoms with E-state index in [4.69, 9.17) is 4.74 Å². The molecule has 2 aromatic rings. The van der Waals surface area contributed by atoms with Crippen molar-refractivity contribution in [1.82, 2.24) is 0 Å². The number of anilines is 2. The van der Waals surface area contributed by atoms with Crippen molar-refractivity contribution in [3.8, 4) is 0 Å². The maximum atomic E-state index is 12.3. The lowest BCUT2D eigenvalue weighted by atomic mass is 9.98. The minimum atomic E-state index is -0.859. The van der Waals surface area contributed by atoms with Gasteiger partial charge in [0, 0.05) is 24.7 Å². The summed E-state index contributed by atoms with van der Waals surface area (Å²) >= 11 is 0. The second-order valence-electron chi connectivity index (χ2n) is 5.50. The maximum Gasteiger partial charge on any atom is 0.339 e. The highest BCUT2D eigenvalue weighted by atomic mass is 16.5. The van der Waals surface area contributed by atoms with E-state index in [0.29, 0.717) is 23.4 Å². The van der Waals surface area contributed by atoms with Crippen LogP contribution < -0.4 is 10.6 Å². The van der Waals surface area contributed by atoms with Crippen molar-refractivity contribution in [2.24, 2.45) is 0 Å². The van der Waals surface area contributed by atoms with Gasteiger partial charge in [0.1, 0.15) is 0 Å². The van der Waals surface area contributed by atoms with Gasteiger partial charge in [0.25, 0.3) is 5.91 Å². The Labute approximate surface area is 138 Å². The van der Waals surface area contributed by atoms with E-state index in [-0.39, 0.29) is 11.8 Å². The lowest BCUT2D eigenvalue weighted by Gasteiger charge is -2.23. The third kappa shape index (κ3) is 3.43. The van der Waals surface area contributed by atoms with Crippen molar-refractivity contribution in [3.05, 3.63) is 59.7 Å². The minimum absolute atomic E-state index is 0.167. The predicted octanol–water partition coefficient (Wildman–Crippen LogP) is 2.37. The lowest BCUT2D eigenvalue weighted by Crippen LogP contribution is -2.37. The summed E-state index contributed by atoms with van der Waals surface area (Å²) in [6.45, 7) is 1.42. The molecule has 0 aliphatic carbocycles. The summed E-state index contributed by atoms with van der Waals surface area (Å²) in [5.41, 5.74) is 2.50. The Morgan fingerprint density at radius 3 is 2.29 bits per heavy atom. The predicted molar refractivity (Wildman–Crippen MR) is 88.7 cm³/mol. The van der Waals surface area contributed by atoms with Gasteiger partial charge in [0.15, 0.2) is 6.10 Å². The largest absolute Gasteiger partial charge is 0.448 e. The molecule has 2 amide bonds. The summed E-state index contributed by atoms with van der Waals surface area (Å²) in [4.78, 5) is 35.3. The maximum absolute atomic E-state index is 12.3. The lowest BCUT2D eigenvalue weighted by molar-refractivity contribution is -0.125. The zero-order valence-electron chi connectivity index (χ0n) is 13.0. The normalized spacial score (nSPS) is 15.9. The van der Waals surface area contributed by atoms with E-state index in [1.54, 1.807) is 36.4 Å². The fourth-order valence-corrected chi connectivity index (χ4v) is 2.54. The van der Waals surface area contributed by atoms with Crippen LogP contribution in [0.3, 0.4) is 0 Å². The summed E-state index contributed by atoms with van der Waals surface area (Å²) in [5.74, 6) is -1.04. The number of nitrogens with one attached hydrogen (secondary N) is 2. The van der Waals surface area contributed by atoms with Gasteiger partial charge in [0.2, 0.25) is 5.91 Å². The fourth-order valence-electron chi connectivity index (χ4n) is 2.54. The molecular formula is C18H16N2O4. The number of rotatable bonds is 3. The number of esters is 1. The molecule has 0 radical (unpaired) electrons. The van der Waals surface area contributed by atoms with E-state index in [2.05, 4.69) is 10.6 Å². The average molecular weight is 324 g/mol. The van der Waals surface area contributed by atoms with Gasteiger partial charge < -0.3 is 15.4 Å². The van der Waals surface area contributed by atoms with Crippen molar-refractivity contribution in [2.75, 3.05) is 10.6 Å². The molecule has 24 heavy (non-hydrogen) atoms. The first-order chi connectivity index (χ1) is 11.5. The van der Waals surface area contributed by atoms with Gasteiger partial charge >= 0.3 is 5.97 Å². The Bertz CT molecular complexity index is 799. The first-order valence-electron chi connectivity index (χ1n) is 7.50. The van der Waals surface area contributed by atoms with Gasteiger partial charge in [-0.2, -0.15) is 0 Å². The number of benzene rings is 2. The Kier molecular flexibility index (Phi) is 4.29. The summed E-state index contributed by atoms with van der Waals surface area (Å²) in [6, 6.07) is 13.8. The van der Waals surface area contributed by atoms with E-state index in [0.717, 1.165) is 5.56 Å². The number of ether oxygens (including phenoxy) is 1. The van der Waals surface area contributed by atoms with Crippen LogP contribution >= 0.6 is 0 Å². The van der Waals surface area contributed by atoms with E-state index >= 15 is 0 Å². The topological polar surface area (TPSA) is 84.5 Å². The molecule has 0 saturated carbocycles. The summed E-state index contributed by atoms with van der Waals surface area (Å²) in [5, 5.41) is 5.36. The third-order valence-corrected chi connectivity index (χ3v) is 3.66. The minimum Gasteiger partial charge on any atom is -0.448 e. The van der Waals surface area contributed by atoms with Gasteiger partial charge in [-0.05, 0) is 35.9 Å². The third-order valence-electron chi connectivity index (χ3n) is 3.66. The summed E-state index contributed by atoms with van der Waals surface area (Å²) in [7, 11) is 0. The molecule has 1 aliphatic rings. The second-order valence-corrected chi connectivity index (χ2v) is 5.50. The molecule has 0 aromatic heterocycles. The molecule has 0 bridgehead atoms. The van der Waals surface area contributed by atoms with Crippen LogP contribution in [-0.4, -0.2) is 23.9 Å². The number of amides is 2. The molecule has 6 nitrogen and oxygen atoms in total. The van der Waals surface area contributed by atoms with Crippen LogP contribution in [0.5, 0.6) is 0 Å². The van der Waals surface area contributed by atoms with Crippen molar-refractivity contribution >= 4 is 29.2 Å². The SMILES string of the molecule is CC(=O)Nc1ccc(NC(=O)[C@H]2Cc3ccccc3C(=O)O2)cc1. The molecule has 0 unspecified atom stereocenters. The summed E-state index contributed by atoms with van der Waals surface area (Å²) in [6.07, 6.45) is -0.514. The highest BCUT2D eigenvalue weighted by molar-refractivity contribution is 6.00. The Morgan fingerprint density at radius 2 is 1.62 bits per heavy atom. The first-order valence-corrected chi connectivity index (χ1v) is 7.50. The highest BCUT2D eigenvalue weighted by Crippen LogP contribution is 2.22. The van der Waals surface area contributed by atoms with Crippen LogP contribution in [0.1, 0.15) is 22.8 Å². The fraction of sp³-hybridized carbons (Fsp3) is 0.167. The molecule has 0 spiro atoms. The van der Waals surface area contributed by atoms with Crippen LogP contribution in [0.4, 0.5) is 11.4 Å². The van der Waals surface area contributed by atoms with Crippen molar-refractivity contribution in [3.63, 3.8) is 0 Å². The molecule has 1 aliphatic heterocycles. The molecule has 1 atom stereocenters. The van der Waals surface area contributed by atoms with Crippen LogP contribution in [0.25, 0.3) is 0 Å². The molecule has 122 valence electrons. The Morgan fingerprint density at radius 1 is 1.00 bits per heavy atom. The number of carbonyl (C=O) groups is 3. The molecule has 0 saturated heterocycles. The van der Waals surface area contributed by atoms with Crippen molar-refractivity contribution in [1.29, 1.82) is 0 Å². The standard InChI is InChI=1S/C18H16N2O4/c1-11(21)19-13-6-8-14(9-7-13)20-17(22)16-10-12-4-2-3-5-15(12)18(23)24-16/h2-9,16H,10H2,1H3,(H,19,21)(H,20,22)/t16-/m1/s1. The van der Waals surface area contributed by atoms with E-state index in [1.807, 2.05) is 12.1 Å². The van der Waals surface area contributed by atoms with Gasteiger partial charge in [0.05, 0.1) is 5.56 Å². The van der Waals surface area contributed by atoms with Crippen molar-refractivity contribution < 1.29 is 19.1 Å². The van der Waals surface area contributed by atoms with Crippen LogP contribution in [-0.2, 0) is 20.7 Å². The van der Waals surface area contributed by atoms with Crippen LogP contribution in [0.15, 0.2) is 48.5 Å². The molecule has 6 heteroatoms. The number of fused-ring (bicyclic) bond motifs is 1. The zero-order valence-corrected chi connectivity index (χ0v) is 13.0. The van der Waals surface area contributed by atoms with Crippen LogP contribution in [0.2, 0.25) is 0 Å². The summed E-state index contributed by atoms with van der Waals surface area (Å²) < 4.78 is 5.22. The first kappa shape index (κ1) is 15.7. The zero-order chi connectivity index (χ0) is 17.1. The average Bonchev–Trinajstić information content (AvgIpc) is 2.56. The van der Waals surface area contributed by atoms with Gasteiger partial charge in [-0.1, -0.05) is 18.2 Å². The molecular weight excluding hydrogens is 308 g/mol. The van der Waals surface area contributed by atoms with Gasteiger partial charge in [-0.3, -0.25) is 9.59 Å². The smallest absolute Gasteiger partial charge is 0.339 e. The quantitative estimate of drug-likeness (QED) is 0.849. The molecule has 0 fully saturated rings. The molecule has 2 N–H and O–H groups in total. The number of hydrogen-bond donors (Lipinski definition) is 2. The monoisotopic (exact) mass is 324 g/mol. The number of hydrogen-bond acceptors (Lipinski definition) is 4. The van der Waals surface area contributed by atoms with E-state index < -0.39 is 12.1 Å². The Hall–Kier alpha value is -3.15. The van der Waals surface area contributed by atoms with Gasteiger partial charge in [-0.25, -0.2) is 4.79 Å². The number of cyclic esters (lactones) is 1. The highest BCUT2D eigenvalue weighted by Gasteiger charge is 2.30. The van der Waals surface area contributed by atoms with Crippen LogP contribution in [0, 0.1) is 0 Å². The van der Waals surface area contributed by atoms with Crippen molar-refractivity contribution in [2.45, 2.75) is 19.4 Å².